The smallest absolute Gasteiger partial charge is 0.275 e. The highest BCUT2D eigenvalue weighted by molar-refractivity contribution is 7.89. The number of hydrogen-bond donors (Lipinski definition) is 2. The van der Waals surface area contributed by atoms with Crippen LogP contribution in [0.15, 0.2) is 35.4 Å². The number of amides is 1. The maximum Gasteiger partial charge on any atom is 0.333 e. The van der Waals surface area contributed by atoms with E-state index in [2.05, 4.69) is 15.3 Å². The number of sulfonamides is 1. The van der Waals surface area contributed by atoms with Crippen LogP contribution in [-0.4, -0.2) is 29.0 Å². The highest BCUT2D eigenvalue weighted by Gasteiger charge is 2.26. The molecule has 1 amide bonds. The minimum atomic E-state index is -4.12. The van der Waals surface area contributed by atoms with Gasteiger partial charge in [0.15, 0.2) is 5.03 Å². The Bertz CT molecular complexity index is 1080. The first-order valence-electron chi connectivity index (χ1n) is 7.45. The predicted octanol–water partition coefficient (Wildman–Crippen LogP) is 2.08. The minimum Gasteiger partial charge on any atom is -0.275 e. The number of fused-ring (bicyclic) bond motifs is 1. The number of aryl methyl sites for hydroxylation is 3. The van der Waals surface area contributed by atoms with Gasteiger partial charge in [0.25, 0.3) is 10.0 Å². The van der Waals surface area contributed by atoms with Crippen LogP contribution in [0, 0.1) is 20.8 Å². The summed E-state index contributed by atoms with van der Waals surface area (Å²) in [5, 5.41) is 8.26. The van der Waals surface area contributed by atoms with E-state index >= 15 is 0 Å². The number of benzene rings is 1. The molecule has 0 radical (unpaired) electrons. The average molecular weight is 359 g/mol. The molecule has 3 aromatic rings. The maximum atomic E-state index is 12.8. The zero-order valence-electron chi connectivity index (χ0n) is 13.9. The van der Waals surface area contributed by atoms with Crippen molar-refractivity contribution in [2.75, 3.05) is 5.32 Å². The van der Waals surface area contributed by atoms with Crippen LogP contribution in [0.3, 0.4) is 0 Å². The second-order valence-corrected chi connectivity index (χ2v) is 7.21. The lowest BCUT2D eigenvalue weighted by Gasteiger charge is -2.10. The summed E-state index contributed by atoms with van der Waals surface area (Å²) < 4.78 is 25.2. The molecule has 1 aromatic carbocycles. The van der Waals surface area contributed by atoms with Gasteiger partial charge in [-0.3, -0.25) is 9.88 Å². The van der Waals surface area contributed by atoms with Crippen molar-refractivity contribution in [1.29, 1.82) is 0 Å². The Morgan fingerprint density at radius 2 is 1.72 bits per heavy atom. The van der Waals surface area contributed by atoms with E-state index in [0.29, 0.717) is 27.9 Å². The molecule has 0 spiro atoms. The zero-order valence-corrected chi connectivity index (χ0v) is 14.8. The molecule has 0 saturated heterocycles. The van der Waals surface area contributed by atoms with Gasteiger partial charge in [0.05, 0.1) is 5.52 Å². The lowest BCUT2D eigenvalue weighted by Crippen LogP contribution is -2.27. The van der Waals surface area contributed by atoms with Crippen LogP contribution in [0.4, 0.5) is 10.7 Å². The maximum absolute atomic E-state index is 12.8. The number of carbonyl (C=O) groups is 1. The van der Waals surface area contributed by atoms with Gasteiger partial charge in [-0.1, -0.05) is 18.2 Å². The van der Waals surface area contributed by atoms with Gasteiger partial charge < -0.3 is 0 Å². The molecule has 0 atom stereocenters. The predicted molar refractivity (Wildman–Crippen MR) is 94.0 cm³/mol. The van der Waals surface area contributed by atoms with Crippen molar-refractivity contribution in [2.24, 2.45) is 5.14 Å². The largest absolute Gasteiger partial charge is 0.333 e. The molecular weight excluding hydrogens is 342 g/mol. The first-order valence-corrected chi connectivity index (χ1v) is 8.99. The number of nitrogens with zero attached hydrogens (tertiary/aromatic N) is 3. The van der Waals surface area contributed by atoms with Gasteiger partial charge >= 0.3 is 6.03 Å². The lowest BCUT2D eigenvalue weighted by atomic mass is 10.2. The van der Waals surface area contributed by atoms with Crippen molar-refractivity contribution < 1.29 is 13.2 Å². The summed E-state index contributed by atoms with van der Waals surface area (Å²) in [6.07, 6.45) is 0. The summed E-state index contributed by atoms with van der Waals surface area (Å²) in [5.41, 5.74) is 2.21. The van der Waals surface area contributed by atoms with Crippen LogP contribution in [0.1, 0.15) is 17.0 Å². The number of primary sulfonamides is 1. The highest BCUT2D eigenvalue weighted by atomic mass is 32.2. The third-order valence-electron chi connectivity index (χ3n) is 3.75. The molecule has 0 saturated carbocycles. The highest BCUT2D eigenvalue weighted by Crippen LogP contribution is 2.28. The van der Waals surface area contributed by atoms with Crippen molar-refractivity contribution in [3.05, 3.63) is 47.3 Å². The van der Waals surface area contributed by atoms with Gasteiger partial charge in [-0.05, 0) is 38.5 Å². The molecule has 0 aliphatic heterocycles. The standard InChI is InChI=1S/C16H17N5O3S/c1-9-8-10(2)19-15(18-9)20-16(22)21-13-7-5-4-6-12(13)11(3)14(21)25(17,23)24/h4-8H,1-3H3,(H2,17,23,24)(H,18,19,20,22). The van der Waals surface area contributed by atoms with E-state index in [1.54, 1.807) is 51.1 Å². The molecule has 2 aromatic heterocycles. The first-order chi connectivity index (χ1) is 11.7. The Kier molecular flexibility index (Phi) is 4.05. The van der Waals surface area contributed by atoms with Crippen molar-refractivity contribution >= 4 is 32.9 Å². The minimum absolute atomic E-state index is 0.0957. The van der Waals surface area contributed by atoms with Gasteiger partial charge in [0, 0.05) is 16.8 Å². The second kappa shape index (κ2) is 5.94. The number of carbonyl (C=O) groups excluding carboxylic acids is 1. The van der Waals surface area contributed by atoms with E-state index in [-0.39, 0.29) is 11.0 Å². The average Bonchev–Trinajstić information content (AvgIpc) is 2.80. The molecule has 0 fully saturated rings. The van der Waals surface area contributed by atoms with Gasteiger partial charge in [-0.2, -0.15) is 0 Å². The molecule has 8 nitrogen and oxygen atoms in total. The third kappa shape index (κ3) is 3.11. The third-order valence-corrected chi connectivity index (χ3v) is 4.77. The van der Waals surface area contributed by atoms with Crippen LogP contribution in [0.5, 0.6) is 0 Å². The normalized spacial score (nSPS) is 11.7. The molecule has 0 bridgehead atoms. The molecule has 2 heterocycles. The van der Waals surface area contributed by atoms with E-state index < -0.39 is 16.1 Å². The van der Waals surface area contributed by atoms with E-state index in [0.717, 1.165) is 4.57 Å². The monoisotopic (exact) mass is 359 g/mol. The number of rotatable bonds is 2. The summed E-state index contributed by atoms with van der Waals surface area (Å²) in [4.78, 5) is 21.1. The quantitative estimate of drug-likeness (QED) is 0.726. The van der Waals surface area contributed by atoms with Crippen LogP contribution in [-0.2, 0) is 10.0 Å². The summed E-state index contributed by atoms with van der Waals surface area (Å²) in [6, 6.07) is 7.93. The molecule has 3 rings (SSSR count). The SMILES string of the molecule is Cc1cc(C)nc(NC(=O)n2c(S(N)(=O)=O)c(C)c3ccccc32)n1. The Morgan fingerprint density at radius 3 is 2.32 bits per heavy atom. The van der Waals surface area contributed by atoms with Crippen molar-refractivity contribution in [3.8, 4) is 0 Å². The molecular formula is C16H17N5O3S. The van der Waals surface area contributed by atoms with Crippen molar-refractivity contribution in [1.82, 2.24) is 14.5 Å². The number of anilines is 1. The molecule has 9 heteroatoms. The van der Waals surface area contributed by atoms with Crippen molar-refractivity contribution in [3.63, 3.8) is 0 Å². The number of nitrogens with one attached hydrogen (secondary N) is 1. The number of aromatic nitrogens is 3. The summed E-state index contributed by atoms with van der Waals surface area (Å²) in [6.45, 7) is 5.16. The van der Waals surface area contributed by atoms with Crippen LogP contribution in [0.2, 0.25) is 0 Å². The summed E-state index contributed by atoms with van der Waals surface area (Å²) in [5.74, 6) is 0.0957. The van der Waals surface area contributed by atoms with Gasteiger partial charge in [0.2, 0.25) is 5.95 Å². The Labute approximate surface area is 144 Å². The Hall–Kier alpha value is -2.78. The van der Waals surface area contributed by atoms with Gasteiger partial charge in [0.1, 0.15) is 0 Å². The van der Waals surface area contributed by atoms with E-state index in [1.165, 1.54) is 0 Å². The van der Waals surface area contributed by atoms with E-state index in [4.69, 9.17) is 5.14 Å². The fourth-order valence-electron chi connectivity index (χ4n) is 2.85. The molecule has 0 aliphatic rings. The first kappa shape index (κ1) is 17.1. The number of para-hydroxylation sites is 1. The van der Waals surface area contributed by atoms with Crippen LogP contribution >= 0.6 is 0 Å². The van der Waals surface area contributed by atoms with Gasteiger partial charge in [-0.25, -0.2) is 28.3 Å². The fraction of sp³-hybridized carbons (Fsp3) is 0.188. The topological polar surface area (TPSA) is 120 Å². The molecule has 3 N–H and O–H groups in total. The number of hydrogen-bond acceptors (Lipinski definition) is 5. The van der Waals surface area contributed by atoms with E-state index in [1.807, 2.05) is 0 Å². The molecule has 25 heavy (non-hydrogen) atoms. The lowest BCUT2D eigenvalue weighted by molar-refractivity contribution is 0.252. The van der Waals surface area contributed by atoms with Gasteiger partial charge in [-0.15, -0.1) is 0 Å². The molecule has 130 valence electrons. The Morgan fingerprint density at radius 1 is 1.12 bits per heavy atom. The van der Waals surface area contributed by atoms with Crippen LogP contribution in [0.25, 0.3) is 10.9 Å². The van der Waals surface area contributed by atoms with Crippen LogP contribution < -0.4 is 10.5 Å². The molecule has 0 aliphatic carbocycles. The Balaban J connectivity index is 2.19. The van der Waals surface area contributed by atoms with Crippen molar-refractivity contribution in [2.45, 2.75) is 25.8 Å². The molecule has 0 unspecified atom stereocenters. The zero-order chi connectivity index (χ0) is 18.4. The number of nitrogens with two attached hydrogens (primary N) is 1. The summed E-state index contributed by atoms with van der Waals surface area (Å²) >= 11 is 0. The fourth-order valence-corrected chi connectivity index (χ4v) is 3.83. The van der Waals surface area contributed by atoms with E-state index in [9.17, 15) is 13.2 Å². The summed E-state index contributed by atoms with van der Waals surface area (Å²) in [7, 11) is -4.12. The second-order valence-electron chi connectivity index (χ2n) is 5.73.